The van der Waals surface area contributed by atoms with Gasteiger partial charge in [0.05, 0.1) is 6.21 Å². The predicted octanol–water partition coefficient (Wildman–Crippen LogP) is 2.85. The molecule has 0 heterocycles. The molecule has 0 fully saturated rings. The molecular formula is C8H14ClNO3S. The van der Waals surface area contributed by atoms with Gasteiger partial charge in [0, 0.05) is 4.75 Å². The molecule has 1 atom stereocenters. The van der Waals surface area contributed by atoms with Crippen LogP contribution in [-0.4, -0.2) is 28.9 Å². The minimum atomic E-state index is -0.902. The molecule has 4 nitrogen and oxygen atoms in total. The number of hydrogen-bond donors (Lipinski definition) is 0. The van der Waals surface area contributed by atoms with E-state index in [0.29, 0.717) is 0 Å². The normalized spacial score (nSPS) is 14.1. The van der Waals surface area contributed by atoms with E-state index < -0.39 is 11.7 Å². The van der Waals surface area contributed by atoms with Crippen molar-refractivity contribution in [2.45, 2.75) is 31.1 Å². The van der Waals surface area contributed by atoms with Gasteiger partial charge in [-0.3, -0.25) is 4.84 Å². The van der Waals surface area contributed by atoms with E-state index >= 15 is 0 Å². The highest BCUT2D eigenvalue weighted by molar-refractivity contribution is 8.00. The summed E-state index contributed by atoms with van der Waals surface area (Å²) in [5.41, 5.74) is -0.716. The number of alkyl halides is 1. The van der Waals surface area contributed by atoms with Crippen LogP contribution < -0.4 is 0 Å². The van der Waals surface area contributed by atoms with E-state index in [0.717, 1.165) is 0 Å². The highest BCUT2D eigenvalue weighted by Gasteiger charge is 2.13. The number of carbonyl (C=O) groups is 1. The van der Waals surface area contributed by atoms with E-state index in [4.69, 9.17) is 11.6 Å². The molecule has 0 spiro atoms. The lowest BCUT2D eigenvalue weighted by atomic mass is 10.2. The summed E-state index contributed by atoms with van der Waals surface area (Å²) in [5, 5.41) is 3.49. The first kappa shape index (κ1) is 13.6. The molecule has 0 aliphatic carbocycles. The number of halogens is 1. The Morgan fingerprint density at radius 3 is 2.64 bits per heavy atom. The van der Waals surface area contributed by atoms with Crippen LogP contribution in [0, 0.1) is 0 Å². The molecule has 0 rings (SSSR count). The van der Waals surface area contributed by atoms with Gasteiger partial charge in [-0.15, -0.1) is 0 Å². The monoisotopic (exact) mass is 239 g/mol. The maximum atomic E-state index is 10.8. The third-order valence-electron chi connectivity index (χ3n) is 1.28. The third-order valence-corrected chi connectivity index (χ3v) is 2.52. The van der Waals surface area contributed by atoms with Gasteiger partial charge in [0.2, 0.25) is 0 Å². The van der Waals surface area contributed by atoms with Crippen LogP contribution in [0.4, 0.5) is 4.79 Å². The van der Waals surface area contributed by atoms with Crippen molar-refractivity contribution in [2.75, 3.05) is 6.26 Å². The molecule has 0 amide bonds. The number of carbonyl (C=O) groups excluding carboxylic acids is 1. The SMILES string of the molecule is CSC(C)(C)/C=N\OC(=O)OC(C)Cl. The fraction of sp³-hybridized carbons (Fsp3) is 0.750. The summed E-state index contributed by atoms with van der Waals surface area (Å²) < 4.78 is 4.31. The van der Waals surface area contributed by atoms with Crippen molar-refractivity contribution in [3.05, 3.63) is 0 Å². The fourth-order valence-corrected chi connectivity index (χ4v) is 0.624. The average molecular weight is 240 g/mol. The van der Waals surface area contributed by atoms with Crippen LogP contribution in [0.15, 0.2) is 5.16 Å². The number of rotatable bonds is 4. The largest absolute Gasteiger partial charge is 0.536 e. The van der Waals surface area contributed by atoms with E-state index in [1.165, 1.54) is 13.1 Å². The van der Waals surface area contributed by atoms with Gasteiger partial charge in [-0.2, -0.15) is 11.8 Å². The van der Waals surface area contributed by atoms with Crippen molar-refractivity contribution in [2.24, 2.45) is 5.16 Å². The average Bonchev–Trinajstić information content (AvgIpc) is 2.02. The topological polar surface area (TPSA) is 47.9 Å². The zero-order chi connectivity index (χ0) is 11.2. The van der Waals surface area contributed by atoms with Crippen LogP contribution in [0.1, 0.15) is 20.8 Å². The number of hydrogen-bond acceptors (Lipinski definition) is 5. The first-order valence-electron chi connectivity index (χ1n) is 3.99. The standard InChI is InChI=1S/C8H14ClNO3S/c1-6(9)12-7(11)13-10-5-8(2,3)14-4/h5-6H,1-4H3/b10-5-. The van der Waals surface area contributed by atoms with E-state index in [1.807, 2.05) is 20.1 Å². The van der Waals surface area contributed by atoms with Crippen LogP contribution in [0.2, 0.25) is 0 Å². The van der Waals surface area contributed by atoms with Crippen LogP contribution in [-0.2, 0) is 9.57 Å². The minimum absolute atomic E-state index is 0.174. The van der Waals surface area contributed by atoms with Gasteiger partial charge in [-0.25, -0.2) is 4.79 Å². The van der Waals surface area contributed by atoms with Crippen molar-refractivity contribution >= 4 is 35.7 Å². The molecule has 0 aromatic heterocycles. The third kappa shape index (κ3) is 7.03. The van der Waals surface area contributed by atoms with Crippen LogP contribution in [0.3, 0.4) is 0 Å². The Hall–Kier alpha value is -0.420. The van der Waals surface area contributed by atoms with E-state index in [9.17, 15) is 4.79 Å². The zero-order valence-electron chi connectivity index (χ0n) is 8.61. The van der Waals surface area contributed by atoms with Crippen molar-refractivity contribution in [1.29, 1.82) is 0 Å². The quantitative estimate of drug-likeness (QED) is 0.249. The fourth-order valence-electron chi connectivity index (χ4n) is 0.403. The van der Waals surface area contributed by atoms with Gasteiger partial charge in [-0.05, 0) is 27.0 Å². The van der Waals surface area contributed by atoms with Gasteiger partial charge < -0.3 is 4.74 Å². The Morgan fingerprint density at radius 2 is 2.21 bits per heavy atom. The Morgan fingerprint density at radius 1 is 1.64 bits per heavy atom. The maximum Gasteiger partial charge on any atom is 0.536 e. The summed E-state index contributed by atoms with van der Waals surface area (Å²) in [6.45, 7) is 5.40. The molecule has 0 aromatic rings. The molecule has 0 aliphatic heterocycles. The first-order chi connectivity index (χ1) is 6.37. The number of thioether (sulfide) groups is 1. The molecule has 0 aromatic carbocycles. The van der Waals surface area contributed by atoms with Crippen molar-refractivity contribution in [3.8, 4) is 0 Å². The Balaban J connectivity index is 3.88. The first-order valence-corrected chi connectivity index (χ1v) is 5.65. The molecule has 0 saturated heterocycles. The maximum absolute atomic E-state index is 10.8. The molecule has 0 N–H and O–H groups in total. The summed E-state index contributed by atoms with van der Waals surface area (Å²) in [6, 6.07) is 0. The van der Waals surface area contributed by atoms with Crippen molar-refractivity contribution < 1.29 is 14.4 Å². The highest BCUT2D eigenvalue weighted by Crippen LogP contribution is 2.18. The second-order valence-corrected chi connectivity index (χ2v) is 5.12. The molecular weight excluding hydrogens is 226 g/mol. The highest BCUT2D eigenvalue weighted by atomic mass is 35.5. The molecule has 14 heavy (non-hydrogen) atoms. The molecule has 82 valence electrons. The summed E-state index contributed by atoms with van der Waals surface area (Å²) >= 11 is 6.97. The Kier molecular flexibility index (Phi) is 5.95. The summed E-state index contributed by atoms with van der Waals surface area (Å²) in [7, 11) is 0. The second-order valence-electron chi connectivity index (χ2n) is 3.04. The lowest BCUT2D eigenvalue weighted by Gasteiger charge is -2.13. The smallest absolute Gasteiger partial charge is 0.413 e. The summed E-state index contributed by atoms with van der Waals surface area (Å²) in [5.74, 6) is 0. The Bertz CT molecular complexity index is 219. The van der Waals surface area contributed by atoms with E-state index in [2.05, 4.69) is 14.7 Å². The van der Waals surface area contributed by atoms with E-state index in [1.54, 1.807) is 11.8 Å². The summed E-state index contributed by atoms with van der Waals surface area (Å²) in [4.78, 5) is 15.2. The second kappa shape index (κ2) is 6.14. The molecule has 0 saturated carbocycles. The molecule has 0 aliphatic rings. The zero-order valence-corrected chi connectivity index (χ0v) is 10.2. The predicted molar refractivity (Wildman–Crippen MR) is 59.0 cm³/mol. The van der Waals surface area contributed by atoms with Gasteiger partial charge in [0.25, 0.3) is 0 Å². The molecule has 6 heteroatoms. The van der Waals surface area contributed by atoms with Gasteiger partial charge in [-0.1, -0.05) is 16.8 Å². The Labute approximate surface area is 93.0 Å². The molecule has 0 bridgehead atoms. The van der Waals surface area contributed by atoms with Crippen LogP contribution >= 0.6 is 23.4 Å². The summed E-state index contributed by atoms with van der Waals surface area (Å²) in [6.07, 6.45) is 2.56. The van der Waals surface area contributed by atoms with Crippen LogP contribution in [0.25, 0.3) is 0 Å². The van der Waals surface area contributed by atoms with E-state index in [-0.39, 0.29) is 4.75 Å². The lowest BCUT2D eigenvalue weighted by Crippen LogP contribution is -2.16. The van der Waals surface area contributed by atoms with Gasteiger partial charge in [0.15, 0.2) is 5.56 Å². The number of nitrogens with zero attached hydrogens (tertiary/aromatic N) is 1. The van der Waals surface area contributed by atoms with Gasteiger partial charge >= 0.3 is 6.16 Å². The van der Waals surface area contributed by atoms with Crippen molar-refractivity contribution in [1.82, 2.24) is 0 Å². The number of ether oxygens (including phenoxy) is 1. The molecule has 0 radical (unpaired) electrons. The van der Waals surface area contributed by atoms with Crippen LogP contribution in [0.5, 0.6) is 0 Å². The minimum Gasteiger partial charge on any atom is -0.413 e. The lowest BCUT2D eigenvalue weighted by molar-refractivity contribution is 0.0520. The van der Waals surface area contributed by atoms with Crippen molar-refractivity contribution in [3.63, 3.8) is 0 Å². The number of oxime groups is 1. The molecule has 1 unspecified atom stereocenters. The van der Waals surface area contributed by atoms with Gasteiger partial charge in [0.1, 0.15) is 0 Å².